The molecule has 1 N–H and O–H groups in total. The number of thioether (sulfide) groups is 1. The summed E-state index contributed by atoms with van der Waals surface area (Å²) in [5, 5.41) is 3.00. The average Bonchev–Trinajstić information content (AvgIpc) is 3.07. The Bertz CT molecular complexity index is 777. The van der Waals surface area contributed by atoms with Gasteiger partial charge in [-0.2, -0.15) is 0 Å². The third kappa shape index (κ3) is 4.92. The van der Waals surface area contributed by atoms with Gasteiger partial charge in [0.05, 0.1) is 5.75 Å². The Balaban J connectivity index is 1.67. The SMILES string of the molecule is CC[C@H](C)NC(=O)c1ccc([C@@H]2SCC(=O)N2CCc2ccccc2)cc1. The fraction of sp³-hybridized carbons (Fsp3) is 0.364. The Kier molecular flexibility index (Phi) is 6.56. The molecular formula is C22H26N2O2S. The van der Waals surface area contributed by atoms with E-state index in [2.05, 4.69) is 17.4 Å². The van der Waals surface area contributed by atoms with E-state index in [1.54, 1.807) is 11.8 Å². The van der Waals surface area contributed by atoms with Crippen molar-refractivity contribution in [3.63, 3.8) is 0 Å². The first kappa shape index (κ1) is 19.5. The van der Waals surface area contributed by atoms with Crippen molar-refractivity contribution in [3.05, 3.63) is 71.3 Å². The molecule has 1 heterocycles. The molecule has 2 amide bonds. The van der Waals surface area contributed by atoms with Crippen LogP contribution >= 0.6 is 11.8 Å². The summed E-state index contributed by atoms with van der Waals surface area (Å²) in [6.07, 6.45) is 1.75. The lowest BCUT2D eigenvalue weighted by atomic mass is 10.1. The molecule has 2 aromatic rings. The zero-order chi connectivity index (χ0) is 19.2. The molecule has 3 rings (SSSR count). The monoisotopic (exact) mass is 382 g/mol. The van der Waals surface area contributed by atoms with Crippen LogP contribution in [0.2, 0.25) is 0 Å². The van der Waals surface area contributed by atoms with Gasteiger partial charge in [-0.25, -0.2) is 0 Å². The zero-order valence-electron chi connectivity index (χ0n) is 15.9. The summed E-state index contributed by atoms with van der Waals surface area (Å²) in [6, 6.07) is 18.0. The molecule has 5 heteroatoms. The highest BCUT2D eigenvalue weighted by atomic mass is 32.2. The molecule has 1 fully saturated rings. The number of nitrogens with one attached hydrogen (secondary N) is 1. The van der Waals surface area contributed by atoms with Crippen molar-refractivity contribution in [3.8, 4) is 0 Å². The summed E-state index contributed by atoms with van der Waals surface area (Å²) in [5.74, 6) is 0.641. The molecule has 1 saturated heterocycles. The predicted octanol–water partition coefficient (Wildman–Crippen LogP) is 4.03. The Morgan fingerprint density at radius 3 is 2.56 bits per heavy atom. The second kappa shape index (κ2) is 9.09. The van der Waals surface area contributed by atoms with Crippen LogP contribution in [0.4, 0.5) is 0 Å². The van der Waals surface area contributed by atoms with Gasteiger partial charge in [-0.05, 0) is 43.0 Å². The maximum Gasteiger partial charge on any atom is 0.251 e. The van der Waals surface area contributed by atoms with E-state index in [0.717, 1.165) is 18.4 Å². The van der Waals surface area contributed by atoms with Crippen molar-refractivity contribution < 1.29 is 9.59 Å². The summed E-state index contributed by atoms with van der Waals surface area (Å²) in [7, 11) is 0. The van der Waals surface area contributed by atoms with Gasteiger partial charge in [0.15, 0.2) is 0 Å². The molecular weight excluding hydrogens is 356 g/mol. The van der Waals surface area contributed by atoms with Gasteiger partial charge in [0.25, 0.3) is 5.91 Å². The Hall–Kier alpha value is -2.27. The minimum Gasteiger partial charge on any atom is -0.350 e. The number of carbonyl (C=O) groups excluding carboxylic acids is 2. The van der Waals surface area contributed by atoms with E-state index in [4.69, 9.17) is 0 Å². The highest BCUT2D eigenvalue weighted by molar-refractivity contribution is 8.00. The topological polar surface area (TPSA) is 49.4 Å². The van der Waals surface area contributed by atoms with Gasteiger partial charge < -0.3 is 10.2 Å². The van der Waals surface area contributed by atoms with Crippen molar-refractivity contribution in [1.82, 2.24) is 10.2 Å². The van der Waals surface area contributed by atoms with Crippen molar-refractivity contribution in [1.29, 1.82) is 0 Å². The lowest BCUT2D eigenvalue weighted by Gasteiger charge is -2.24. The Morgan fingerprint density at radius 1 is 1.19 bits per heavy atom. The second-order valence-corrected chi connectivity index (χ2v) is 7.96. The first-order chi connectivity index (χ1) is 13.1. The summed E-state index contributed by atoms with van der Waals surface area (Å²) < 4.78 is 0. The van der Waals surface area contributed by atoms with E-state index in [0.29, 0.717) is 17.9 Å². The number of hydrogen-bond donors (Lipinski definition) is 1. The quantitative estimate of drug-likeness (QED) is 0.786. The summed E-state index contributed by atoms with van der Waals surface area (Å²) in [4.78, 5) is 26.5. The van der Waals surface area contributed by atoms with E-state index < -0.39 is 0 Å². The third-order valence-electron chi connectivity index (χ3n) is 4.90. The maximum absolute atomic E-state index is 12.3. The van der Waals surface area contributed by atoms with Gasteiger partial charge in [0.1, 0.15) is 5.37 Å². The van der Waals surface area contributed by atoms with Gasteiger partial charge in [0, 0.05) is 18.2 Å². The van der Waals surface area contributed by atoms with Gasteiger partial charge in [-0.1, -0.05) is 49.4 Å². The smallest absolute Gasteiger partial charge is 0.251 e. The third-order valence-corrected chi connectivity index (χ3v) is 6.16. The second-order valence-electron chi connectivity index (χ2n) is 6.89. The largest absolute Gasteiger partial charge is 0.350 e. The number of carbonyl (C=O) groups is 2. The average molecular weight is 383 g/mol. The maximum atomic E-state index is 12.3. The van der Waals surface area contributed by atoms with Crippen molar-refractivity contribution >= 4 is 23.6 Å². The lowest BCUT2D eigenvalue weighted by Crippen LogP contribution is -2.32. The molecule has 4 nitrogen and oxygen atoms in total. The van der Waals surface area contributed by atoms with Crippen LogP contribution in [0, 0.1) is 0 Å². The zero-order valence-corrected chi connectivity index (χ0v) is 16.7. The molecule has 0 aliphatic carbocycles. The first-order valence-electron chi connectivity index (χ1n) is 9.44. The number of nitrogens with zero attached hydrogens (tertiary/aromatic N) is 1. The summed E-state index contributed by atoms with van der Waals surface area (Å²) in [6.45, 7) is 4.75. The van der Waals surface area contributed by atoms with Crippen molar-refractivity contribution in [2.75, 3.05) is 12.3 Å². The fourth-order valence-corrected chi connectivity index (χ4v) is 4.29. The molecule has 0 saturated carbocycles. The van der Waals surface area contributed by atoms with E-state index in [1.807, 2.05) is 61.2 Å². The van der Waals surface area contributed by atoms with Crippen LogP contribution in [0.1, 0.15) is 47.1 Å². The van der Waals surface area contributed by atoms with Crippen LogP contribution in [0.15, 0.2) is 54.6 Å². The molecule has 0 unspecified atom stereocenters. The molecule has 2 atom stereocenters. The van der Waals surface area contributed by atoms with Gasteiger partial charge in [0.2, 0.25) is 5.91 Å². The first-order valence-corrected chi connectivity index (χ1v) is 10.5. The molecule has 2 aromatic carbocycles. The number of hydrogen-bond acceptors (Lipinski definition) is 3. The molecule has 27 heavy (non-hydrogen) atoms. The number of benzene rings is 2. The van der Waals surface area contributed by atoms with E-state index in [9.17, 15) is 9.59 Å². The van der Waals surface area contributed by atoms with E-state index >= 15 is 0 Å². The molecule has 0 bridgehead atoms. The van der Waals surface area contributed by atoms with Crippen molar-refractivity contribution in [2.45, 2.75) is 38.1 Å². The van der Waals surface area contributed by atoms with Crippen LogP contribution in [0.25, 0.3) is 0 Å². The highest BCUT2D eigenvalue weighted by Crippen LogP contribution is 2.38. The molecule has 0 radical (unpaired) electrons. The van der Waals surface area contributed by atoms with Crippen LogP contribution in [0.3, 0.4) is 0 Å². The Labute approximate surface area is 165 Å². The van der Waals surface area contributed by atoms with E-state index in [1.165, 1.54) is 5.56 Å². The molecule has 0 spiro atoms. The number of amides is 2. The van der Waals surface area contributed by atoms with Crippen molar-refractivity contribution in [2.24, 2.45) is 0 Å². The fourth-order valence-electron chi connectivity index (χ4n) is 3.07. The Morgan fingerprint density at radius 2 is 1.89 bits per heavy atom. The summed E-state index contributed by atoms with van der Waals surface area (Å²) in [5.41, 5.74) is 2.96. The molecule has 1 aliphatic heterocycles. The standard InChI is InChI=1S/C22H26N2O2S/c1-3-16(2)23-21(26)18-9-11-19(12-10-18)22-24(20(25)15-27-22)14-13-17-7-5-4-6-8-17/h4-12,16,22H,3,13-15H2,1-2H3,(H,23,26)/t16-,22-/m0/s1. The van der Waals surface area contributed by atoms with Gasteiger partial charge in [-0.15, -0.1) is 11.8 Å². The van der Waals surface area contributed by atoms with Crippen LogP contribution in [-0.4, -0.2) is 35.1 Å². The number of rotatable bonds is 7. The summed E-state index contributed by atoms with van der Waals surface area (Å²) >= 11 is 1.65. The minimum absolute atomic E-state index is 0.0212. The molecule has 0 aromatic heterocycles. The van der Waals surface area contributed by atoms with Gasteiger partial charge >= 0.3 is 0 Å². The highest BCUT2D eigenvalue weighted by Gasteiger charge is 2.32. The van der Waals surface area contributed by atoms with Crippen LogP contribution in [0.5, 0.6) is 0 Å². The predicted molar refractivity (Wildman–Crippen MR) is 111 cm³/mol. The molecule has 142 valence electrons. The molecule has 1 aliphatic rings. The van der Waals surface area contributed by atoms with Crippen LogP contribution in [-0.2, 0) is 11.2 Å². The van der Waals surface area contributed by atoms with Crippen LogP contribution < -0.4 is 5.32 Å². The normalized spacial score (nSPS) is 17.8. The minimum atomic E-state index is -0.0491. The van der Waals surface area contributed by atoms with E-state index in [-0.39, 0.29) is 23.2 Å². The van der Waals surface area contributed by atoms with Gasteiger partial charge in [-0.3, -0.25) is 9.59 Å². The lowest BCUT2D eigenvalue weighted by molar-refractivity contribution is -0.128.